The number of carbonyl (C=O) groups is 1. The lowest BCUT2D eigenvalue weighted by atomic mass is 10.2. The smallest absolute Gasteiger partial charge is 0.345 e. The molecule has 6 nitrogen and oxygen atoms in total. The molecule has 0 unspecified atom stereocenters. The van der Waals surface area contributed by atoms with Gasteiger partial charge in [-0.1, -0.05) is 12.1 Å². The van der Waals surface area contributed by atoms with Gasteiger partial charge in [0.25, 0.3) is 5.39 Å². The number of methoxy groups -OCH3 is 1. The molecule has 15 heavy (non-hydrogen) atoms. The van der Waals surface area contributed by atoms with Crippen LogP contribution < -0.4 is 4.74 Å². The van der Waals surface area contributed by atoms with Gasteiger partial charge in [0.15, 0.2) is 11.7 Å². The minimum atomic E-state index is 0.166. The van der Waals surface area contributed by atoms with Crippen LogP contribution in [0.15, 0.2) is 24.3 Å². The predicted octanol–water partition coefficient (Wildman–Crippen LogP) is 1.35. The van der Waals surface area contributed by atoms with Gasteiger partial charge in [0, 0.05) is 0 Å². The van der Waals surface area contributed by atoms with E-state index in [4.69, 9.17) is 10.1 Å². The Kier molecular flexibility index (Phi) is 3.91. The van der Waals surface area contributed by atoms with Crippen LogP contribution in [0.25, 0.3) is 5.08 Å². The Morgan fingerprint density at radius 2 is 2.13 bits per heavy atom. The lowest BCUT2D eigenvalue weighted by Gasteiger charge is -2.02. The fraction of sp³-hybridized carbons (Fsp3) is 0.222. The summed E-state index contributed by atoms with van der Waals surface area (Å²) >= 11 is 0. The first-order valence-corrected chi connectivity index (χ1v) is 4.16. The van der Waals surface area contributed by atoms with E-state index in [1.165, 1.54) is 0 Å². The average Bonchev–Trinajstić information content (AvgIpc) is 2.29. The number of hydrogen-bond acceptors (Lipinski definition) is 5. The molecule has 0 aliphatic heterocycles. The predicted molar refractivity (Wildman–Crippen MR) is 50.8 cm³/mol. The Labute approximate surface area is 86.6 Å². The molecule has 0 N–H and O–H groups in total. The molecule has 6 heteroatoms. The van der Waals surface area contributed by atoms with Crippen LogP contribution in [0.2, 0.25) is 0 Å². The van der Waals surface area contributed by atoms with E-state index in [0.29, 0.717) is 0 Å². The second kappa shape index (κ2) is 5.44. The minimum Gasteiger partial charge on any atom is -0.497 e. The molecular weight excluding hydrogens is 198 g/mol. The summed E-state index contributed by atoms with van der Waals surface area (Å²) in [4.78, 5) is 14.4. The van der Waals surface area contributed by atoms with Gasteiger partial charge in [0.2, 0.25) is 0 Å². The van der Waals surface area contributed by atoms with Gasteiger partial charge in [-0.2, -0.15) is 0 Å². The zero-order valence-corrected chi connectivity index (χ0v) is 8.16. The molecule has 0 saturated heterocycles. The molecule has 1 aromatic carbocycles. The summed E-state index contributed by atoms with van der Waals surface area (Å²) in [7, 11) is 1.57. The molecule has 0 heterocycles. The SMILES string of the molecule is COc1ccc(CN([N+]#N)OC=O)cc1. The van der Waals surface area contributed by atoms with Crippen molar-refractivity contribution in [2.24, 2.45) is 0 Å². The molecule has 0 radical (unpaired) electrons. The van der Waals surface area contributed by atoms with Crippen molar-refractivity contribution in [1.29, 1.82) is 5.39 Å². The summed E-state index contributed by atoms with van der Waals surface area (Å²) in [6.45, 7) is 0.350. The van der Waals surface area contributed by atoms with E-state index in [-0.39, 0.29) is 13.0 Å². The van der Waals surface area contributed by atoms with Crippen molar-refractivity contribution in [1.82, 2.24) is 5.17 Å². The van der Waals surface area contributed by atoms with Crippen molar-refractivity contribution < 1.29 is 14.4 Å². The van der Waals surface area contributed by atoms with Gasteiger partial charge < -0.3 is 4.74 Å². The number of diazo groups is 1. The Hall–Kier alpha value is -2.29. The van der Waals surface area contributed by atoms with Gasteiger partial charge in [0.1, 0.15) is 5.75 Å². The maximum Gasteiger partial charge on any atom is 0.345 e. The van der Waals surface area contributed by atoms with Crippen molar-refractivity contribution in [2.45, 2.75) is 6.54 Å². The van der Waals surface area contributed by atoms with Gasteiger partial charge in [-0.3, -0.25) is 9.63 Å². The Morgan fingerprint density at radius 1 is 1.47 bits per heavy atom. The molecule has 1 aromatic rings. The number of ether oxygens (including phenoxy) is 1. The van der Waals surface area contributed by atoms with Gasteiger partial charge in [-0.05, 0) is 17.7 Å². The van der Waals surface area contributed by atoms with E-state index in [0.717, 1.165) is 16.5 Å². The van der Waals surface area contributed by atoms with Crippen molar-refractivity contribution in [3.63, 3.8) is 0 Å². The first-order chi connectivity index (χ1) is 7.30. The average molecular weight is 208 g/mol. The second-order valence-electron chi connectivity index (χ2n) is 2.65. The van der Waals surface area contributed by atoms with Crippen LogP contribution >= 0.6 is 0 Å². The maximum atomic E-state index is 10.0. The van der Waals surface area contributed by atoms with Crippen LogP contribution in [0.1, 0.15) is 5.56 Å². The Morgan fingerprint density at radius 3 is 2.60 bits per heavy atom. The molecule has 0 aliphatic rings. The van der Waals surface area contributed by atoms with Gasteiger partial charge >= 0.3 is 11.6 Å². The lowest BCUT2D eigenvalue weighted by Crippen LogP contribution is -2.14. The molecular formula is C9H10N3O3+. The van der Waals surface area contributed by atoms with Gasteiger partial charge in [-0.25, -0.2) is 0 Å². The van der Waals surface area contributed by atoms with E-state index in [1.54, 1.807) is 31.4 Å². The van der Waals surface area contributed by atoms with E-state index in [2.05, 4.69) is 9.92 Å². The van der Waals surface area contributed by atoms with Crippen LogP contribution in [0, 0.1) is 5.39 Å². The summed E-state index contributed by atoms with van der Waals surface area (Å²) < 4.78 is 4.97. The fourth-order valence-electron chi connectivity index (χ4n) is 1.03. The largest absolute Gasteiger partial charge is 0.497 e. The lowest BCUT2D eigenvalue weighted by molar-refractivity contribution is -0.164. The quantitative estimate of drug-likeness (QED) is 0.415. The highest BCUT2D eigenvalue weighted by molar-refractivity contribution is 5.36. The van der Waals surface area contributed by atoms with Crippen molar-refractivity contribution in [3.8, 4) is 5.75 Å². The van der Waals surface area contributed by atoms with Gasteiger partial charge in [-0.15, -0.1) is 0 Å². The third kappa shape index (κ3) is 3.15. The molecule has 0 amide bonds. The number of nitrogens with zero attached hydrogens (tertiary/aromatic N) is 3. The first kappa shape index (κ1) is 10.8. The van der Waals surface area contributed by atoms with Crippen LogP contribution in [0.5, 0.6) is 5.75 Å². The van der Waals surface area contributed by atoms with E-state index in [1.807, 2.05) is 0 Å². The Bertz CT molecular complexity index is 358. The van der Waals surface area contributed by atoms with E-state index in [9.17, 15) is 4.79 Å². The topological polar surface area (TPSA) is 66.9 Å². The third-order valence-corrected chi connectivity index (χ3v) is 1.74. The van der Waals surface area contributed by atoms with Crippen molar-refractivity contribution in [3.05, 3.63) is 34.9 Å². The molecule has 1 rings (SSSR count). The minimum absolute atomic E-state index is 0.166. The molecule has 0 saturated carbocycles. The summed E-state index contributed by atoms with van der Waals surface area (Å²) in [5, 5.41) is 12.0. The maximum absolute atomic E-state index is 10.0. The van der Waals surface area contributed by atoms with Crippen LogP contribution in [0.4, 0.5) is 0 Å². The van der Waals surface area contributed by atoms with Crippen LogP contribution in [0.3, 0.4) is 0 Å². The molecule has 0 spiro atoms. The summed E-state index contributed by atoms with van der Waals surface area (Å²) in [5.41, 5.74) is 0.815. The van der Waals surface area contributed by atoms with E-state index >= 15 is 0 Å². The number of carbonyl (C=O) groups excluding carboxylic acids is 1. The van der Waals surface area contributed by atoms with Crippen LogP contribution in [-0.4, -0.2) is 18.8 Å². The first-order valence-electron chi connectivity index (χ1n) is 4.16. The highest BCUT2D eigenvalue weighted by Crippen LogP contribution is 2.12. The van der Waals surface area contributed by atoms with Crippen molar-refractivity contribution in [2.75, 3.05) is 7.11 Å². The number of rotatable bonds is 5. The normalized spacial score (nSPS) is 8.80. The molecule has 0 atom stereocenters. The monoisotopic (exact) mass is 208 g/mol. The number of hydroxylamine groups is 1. The Balaban J connectivity index is 2.63. The zero-order chi connectivity index (χ0) is 11.1. The molecule has 0 aliphatic carbocycles. The molecule has 0 aromatic heterocycles. The fourth-order valence-corrected chi connectivity index (χ4v) is 1.03. The third-order valence-electron chi connectivity index (χ3n) is 1.74. The zero-order valence-electron chi connectivity index (χ0n) is 8.16. The van der Waals surface area contributed by atoms with Crippen molar-refractivity contribution >= 4 is 6.47 Å². The summed E-state index contributed by atoms with van der Waals surface area (Å²) in [6, 6.07) is 7.05. The summed E-state index contributed by atoms with van der Waals surface area (Å²) in [5.74, 6) is 0.725. The second-order valence-corrected chi connectivity index (χ2v) is 2.65. The number of benzene rings is 1. The van der Waals surface area contributed by atoms with Crippen LogP contribution in [-0.2, 0) is 16.2 Å². The molecule has 0 fully saturated rings. The summed E-state index contributed by atoms with van der Waals surface area (Å²) in [6.07, 6.45) is 0. The number of hydrogen-bond donors (Lipinski definition) is 0. The molecule has 78 valence electrons. The highest BCUT2D eigenvalue weighted by atomic mass is 16.7. The highest BCUT2D eigenvalue weighted by Gasteiger charge is 2.15. The standard InChI is InChI=1S/C9H10N3O3/c1-14-9-4-2-8(3-5-9)6-12(11-10)15-7-13/h2-5,7H,6H2,1H3/q+1. The van der Waals surface area contributed by atoms with Gasteiger partial charge in [0.05, 0.1) is 7.11 Å². The molecule has 0 bridgehead atoms. The van der Waals surface area contributed by atoms with E-state index < -0.39 is 0 Å².